The lowest BCUT2D eigenvalue weighted by molar-refractivity contribution is -0.140. The monoisotopic (exact) mass is 590 g/mol. The maximum atomic E-state index is 13.2. The fourth-order valence-electron chi connectivity index (χ4n) is 4.74. The van der Waals surface area contributed by atoms with Crippen molar-refractivity contribution in [3.63, 3.8) is 0 Å². The Balaban J connectivity index is 1.48. The Kier molecular flexibility index (Phi) is 7.26. The molecule has 1 unspecified atom stereocenters. The van der Waals surface area contributed by atoms with Gasteiger partial charge in [0, 0.05) is 35.3 Å². The fourth-order valence-corrected chi connectivity index (χ4v) is 5.10. The number of carbonyl (C=O) groups is 2. The Morgan fingerprint density at radius 3 is 2.40 bits per heavy atom. The van der Waals surface area contributed by atoms with Crippen LogP contribution in [-0.2, 0) is 14.3 Å². The van der Waals surface area contributed by atoms with Crippen molar-refractivity contribution in [1.29, 1.82) is 0 Å². The molecule has 2 aromatic carbocycles. The van der Waals surface area contributed by atoms with Crippen LogP contribution in [0.5, 0.6) is 11.5 Å². The first-order valence-corrected chi connectivity index (χ1v) is 12.8. The van der Waals surface area contributed by atoms with E-state index in [9.17, 15) is 14.7 Å². The lowest BCUT2D eigenvalue weighted by Crippen LogP contribution is -2.38. The molecule has 2 aromatic rings. The number of hydrogen-bond acceptors (Lipinski definition) is 7. The van der Waals surface area contributed by atoms with Gasteiger partial charge in [-0.05, 0) is 64.9 Å². The first-order chi connectivity index (χ1) is 17.0. The second kappa shape index (κ2) is 10.5. The Labute approximate surface area is 217 Å². The summed E-state index contributed by atoms with van der Waals surface area (Å²) in [5.41, 5.74) is 1.30. The number of carbonyl (C=O) groups excluding carboxylic acids is 2. The topological polar surface area (TPSA) is 88.5 Å². The summed E-state index contributed by atoms with van der Waals surface area (Å²) in [5, 5.41) is 11.3. The number of aliphatic hydroxyl groups is 1. The minimum absolute atomic E-state index is 0.0965. The summed E-state index contributed by atoms with van der Waals surface area (Å²) in [6, 6.07) is 12.1. The number of halogens is 1. The number of nitrogens with zero attached hydrogens (tertiary/aromatic N) is 2. The fraction of sp³-hybridized carbons (Fsp3) is 0.385. The number of rotatable bonds is 6. The smallest absolute Gasteiger partial charge is 0.295 e. The van der Waals surface area contributed by atoms with E-state index in [0.717, 1.165) is 35.2 Å². The average Bonchev–Trinajstić information content (AvgIpc) is 3.14. The number of hydrogen-bond donors (Lipinski definition) is 1. The van der Waals surface area contributed by atoms with E-state index in [1.54, 1.807) is 23.1 Å². The maximum absolute atomic E-state index is 13.2. The summed E-state index contributed by atoms with van der Waals surface area (Å²) in [4.78, 5) is 30.3. The van der Waals surface area contributed by atoms with Crippen LogP contribution in [0, 0.1) is 3.57 Å². The third-order valence-electron chi connectivity index (χ3n) is 6.52. The van der Waals surface area contributed by atoms with Gasteiger partial charge < -0.3 is 24.2 Å². The zero-order valence-corrected chi connectivity index (χ0v) is 21.4. The molecule has 8 nitrogen and oxygen atoms in total. The van der Waals surface area contributed by atoms with Crippen LogP contribution in [0.15, 0.2) is 48.0 Å². The van der Waals surface area contributed by atoms with Crippen molar-refractivity contribution in [3.05, 3.63) is 62.7 Å². The van der Waals surface area contributed by atoms with Crippen molar-refractivity contribution >= 4 is 40.0 Å². The van der Waals surface area contributed by atoms with Gasteiger partial charge in [-0.15, -0.1) is 0 Å². The molecule has 3 heterocycles. The van der Waals surface area contributed by atoms with Crippen LogP contribution in [0.25, 0.3) is 5.76 Å². The highest BCUT2D eigenvalue weighted by atomic mass is 127. The van der Waals surface area contributed by atoms with Crippen LogP contribution in [0.4, 0.5) is 0 Å². The number of benzene rings is 2. The summed E-state index contributed by atoms with van der Waals surface area (Å²) in [6.45, 7) is 5.25. The van der Waals surface area contributed by atoms with E-state index in [1.807, 2.05) is 24.3 Å². The lowest BCUT2D eigenvalue weighted by Gasteiger charge is -2.29. The zero-order chi connectivity index (χ0) is 24.4. The summed E-state index contributed by atoms with van der Waals surface area (Å²) in [5.74, 6) is -0.377. The standard InChI is InChI=1S/C26H27IN2O6/c27-19-5-2-17(3-6-19)23-22(24(30)18-4-7-20-21(16-18)35-15-14-34-20)25(31)26(32)29(23)9-1-8-28-10-12-33-13-11-28/h2-7,16,23,30H,1,8-15H2. The van der Waals surface area contributed by atoms with E-state index in [1.165, 1.54) is 0 Å². The predicted octanol–water partition coefficient (Wildman–Crippen LogP) is 3.21. The number of amides is 1. The first kappa shape index (κ1) is 24.1. The molecule has 0 radical (unpaired) electrons. The molecule has 5 rings (SSSR count). The van der Waals surface area contributed by atoms with Gasteiger partial charge in [-0.2, -0.15) is 0 Å². The molecule has 35 heavy (non-hydrogen) atoms. The van der Waals surface area contributed by atoms with Crippen molar-refractivity contribution in [2.24, 2.45) is 0 Å². The van der Waals surface area contributed by atoms with E-state index < -0.39 is 17.7 Å². The van der Waals surface area contributed by atoms with Gasteiger partial charge in [-0.25, -0.2) is 0 Å². The molecule has 0 saturated carbocycles. The van der Waals surface area contributed by atoms with E-state index >= 15 is 0 Å². The van der Waals surface area contributed by atoms with E-state index in [4.69, 9.17) is 14.2 Å². The van der Waals surface area contributed by atoms with Crippen LogP contribution in [0.2, 0.25) is 0 Å². The minimum Gasteiger partial charge on any atom is -0.507 e. The number of Topliss-reactive ketones (excluding diaryl/α,β-unsaturated/α-hetero) is 1. The van der Waals surface area contributed by atoms with Crippen LogP contribution < -0.4 is 9.47 Å². The number of aliphatic hydroxyl groups excluding tert-OH is 1. The van der Waals surface area contributed by atoms with Gasteiger partial charge in [0.25, 0.3) is 11.7 Å². The van der Waals surface area contributed by atoms with Gasteiger partial charge in [0.2, 0.25) is 0 Å². The molecule has 2 saturated heterocycles. The second-order valence-corrected chi connectivity index (χ2v) is 9.96. The number of ketones is 1. The quantitative estimate of drug-likeness (QED) is 0.239. The molecule has 9 heteroatoms. The molecule has 3 aliphatic rings. The van der Waals surface area contributed by atoms with E-state index in [2.05, 4.69) is 27.5 Å². The zero-order valence-electron chi connectivity index (χ0n) is 19.2. The van der Waals surface area contributed by atoms with Crippen molar-refractivity contribution in [2.45, 2.75) is 12.5 Å². The largest absolute Gasteiger partial charge is 0.507 e. The van der Waals surface area contributed by atoms with Crippen LogP contribution in [0.1, 0.15) is 23.6 Å². The highest BCUT2D eigenvalue weighted by Gasteiger charge is 2.45. The second-order valence-electron chi connectivity index (χ2n) is 8.71. The summed E-state index contributed by atoms with van der Waals surface area (Å²) >= 11 is 2.22. The molecule has 3 aliphatic heterocycles. The van der Waals surface area contributed by atoms with Gasteiger partial charge in [0.05, 0.1) is 24.8 Å². The number of ether oxygens (including phenoxy) is 3. The van der Waals surface area contributed by atoms with Crippen molar-refractivity contribution in [1.82, 2.24) is 9.80 Å². The molecular formula is C26H27IN2O6. The van der Waals surface area contributed by atoms with E-state index in [-0.39, 0.29) is 11.3 Å². The highest BCUT2D eigenvalue weighted by Crippen LogP contribution is 2.41. The number of fused-ring (bicyclic) bond motifs is 1. The molecule has 1 amide bonds. The van der Waals surface area contributed by atoms with Crippen molar-refractivity contribution in [3.8, 4) is 11.5 Å². The molecule has 0 aliphatic carbocycles. The average molecular weight is 590 g/mol. The predicted molar refractivity (Wildman–Crippen MR) is 137 cm³/mol. The third-order valence-corrected chi connectivity index (χ3v) is 7.24. The van der Waals surface area contributed by atoms with Gasteiger partial charge >= 0.3 is 0 Å². The van der Waals surface area contributed by atoms with Crippen LogP contribution >= 0.6 is 22.6 Å². The van der Waals surface area contributed by atoms with E-state index in [0.29, 0.717) is 50.0 Å². The van der Waals surface area contributed by atoms with Crippen LogP contribution in [-0.4, -0.2) is 79.2 Å². The first-order valence-electron chi connectivity index (χ1n) is 11.8. The lowest BCUT2D eigenvalue weighted by atomic mass is 9.95. The van der Waals surface area contributed by atoms with Gasteiger partial charge in [0.1, 0.15) is 19.0 Å². The molecule has 0 bridgehead atoms. The summed E-state index contributed by atoms with van der Waals surface area (Å²) in [6.07, 6.45) is 0.720. The molecule has 1 atom stereocenters. The SMILES string of the molecule is O=C1C(=O)N(CCCN2CCOCC2)C(c2ccc(I)cc2)C1=C(O)c1ccc2c(c1)OCCO2. The Morgan fingerprint density at radius 1 is 0.943 bits per heavy atom. The molecule has 184 valence electrons. The molecule has 2 fully saturated rings. The van der Waals surface area contributed by atoms with Crippen molar-refractivity contribution in [2.75, 3.05) is 52.6 Å². The Hall–Kier alpha value is -2.63. The summed E-state index contributed by atoms with van der Waals surface area (Å²) in [7, 11) is 0. The van der Waals surface area contributed by atoms with Gasteiger partial charge in [-0.3, -0.25) is 14.5 Å². The van der Waals surface area contributed by atoms with Crippen molar-refractivity contribution < 1.29 is 28.9 Å². The number of morpholine rings is 1. The third kappa shape index (κ3) is 5.03. The Bertz CT molecular complexity index is 1140. The van der Waals surface area contributed by atoms with Gasteiger partial charge in [0.15, 0.2) is 11.5 Å². The summed E-state index contributed by atoms with van der Waals surface area (Å²) < 4.78 is 17.7. The minimum atomic E-state index is -0.674. The highest BCUT2D eigenvalue weighted by molar-refractivity contribution is 14.1. The molecular weight excluding hydrogens is 563 g/mol. The number of likely N-dealkylation sites (tertiary alicyclic amines) is 1. The normalized spacial score (nSPS) is 22.0. The molecule has 0 aromatic heterocycles. The maximum Gasteiger partial charge on any atom is 0.295 e. The Morgan fingerprint density at radius 2 is 1.66 bits per heavy atom. The van der Waals surface area contributed by atoms with Crippen LogP contribution in [0.3, 0.4) is 0 Å². The molecule has 1 N–H and O–H groups in total. The molecule has 0 spiro atoms. The van der Waals surface area contributed by atoms with Gasteiger partial charge in [-0.1, -0.05) is 12.1 Å².